The topological polar surface area (TPSA) is 56.7 Å². The lowest BCUT2D eigenvalue weighted by Crippen LogP contribution is -2.07. The fourth-order valence-corrected chi connectivity index (χ4v) is 1.84. The summed E-state index contributed by atoms with van der Waals surface area (Å²) in [6.45, 7) is 8.18. The van der Waals surface area contributed by atoms with Gasteiger partial charge in [-0.05, 0) is 31.5 Å². The molecule has 17 heavy (non-hydrogen) atoms. The van der Waals surface area contributed by atoms with Crippen LogP contribution in [0.2, 0.25) is 0 Å². The normalized spacial score (nSPS) is 11.1. The lowest BCUT2D eigenvalue weighted by Gasteiger charge is -2.11. The van der Waals surface area contributed by atoms with Crippen molar-refractivity contribution in [2.45, 2.75) is 33.6 Å². The van der Waals surface area contributed by atoms with Crippen LogP contribution in [0.1, 0.15) is 37.0 Å². The van der Waals surface area contributed by atoms with Gasteiger partial charge in [-0.2, -0.15) is 5.10 Å². The molecule has 0 saturated carbocycles. The van der Waals surface area contributed by atoms with E-state index in [0.717, 1.165) is 28.6 Å². The average Bonchev–Trinajstić information content (AvgIpc) is 2.64. The minimum atomic E-state index is 0.331. The Hall–Kier alpha value is -1.84. The van der Waals surface area contributed by atoms with Crippen molar-refractivity contribution in [1.82, 2.24) is 14.8 Å². The van der Waals surface area contributed by atoms with E-state index < -0.39 is 0 Å². The largest absolute Gasteiger partial charge is 0.399 e. The molecule has 0 unspecified atom stereocenters. The number of hydrogen-bond donors (Lipinski definition) is 1. The molecule has 0 radical (unpaired) electrons. The standard InChI is InChI=1S/C13H18N4/c1-8(2)13-15-10(4)16-17(13)12-7-11(14)6-5-9(12)3/h5-8H,14H2,1-4H3. The van der Waals surface area contributed by atoms with Crippen molar-refractivity contribution < 1.29 is 0 Å². The van der Waals surface area contributed by atoms with Gasteiger partial charge in [-0.15, -0.1) is 0 Å². The number of benzene rings is 1. The van der Waals surface area contributed by atoms with Crippen LogP contribution in [-0.2, 0) is 0 Å². The summed E-state index contributed by atoms with van der Waals surface area (Å²) < 4.78 is 1.89. The predicted molar refractivity (Wildman–Crippen MR) is 69.3 cm³/mol. The molecular weight excluding hydrogens is 212 g/mol. The van der Waals surface area contributed by atoms with Gasteiger partial charge in [0.15, 0.2) is 0 Å². The van der Waals surface area contributed by atoms with E-state index >= 15 is 0 Å². The number of aryl methyl sites for hydroxylation is 2. The zero-order valence-corrected chi connectivity index (χ0v) is 10.7. The Morgan fingerprint density at radius 3 is 2.59 bits per heavy atom. The molecule has 2 rings (SSSR count). The Kier molecular flexibility index (Phi) is 2.88. The maximum atomic E-state index is 5.84. The molecule has 2 N–H and O–H groups in total. The Balaban J connectivity index is 2.63. The molecule has 0 atom stereocenters. The zero-order chi connectivity index (χ0) is 12.6. The number of aromatic nitrogens is 3. The summed E-state index contributed by atoms with van der Waals surface area (Å²) in [5.41, 5.74) is 8.73. The van der Waals surface area contributed by atoms with Crippen LogP contribution in [0.4, 0.5) is 5.69 Å². The van der Waals surface area contributed by atoms with E-state index in [9.17, 15) is 0 Å². The molecule has 1 aromatic carbocycles. The maximum absolute atomic E-state index is 5.84. The highest BCUT2D eigenvalue weighted by Crippen LogP contribution is 2.21. The van der Waals surface area contributed by atoms with E-state index in [4.69, 9.17) is 5.73 Å². The number of nitrogens with two attached hydrogens (primary N) is 1. The van der Waals surface area contributed by atoms with Crippen molar-refractivity contribution >= 4 is 5.69 Å². The smallest absolute Gasteiger partial charge is 0.148 e. The van der Waals surface area contributed by atoms with Crippen molar-refractivity contribution in [3.63, 3.8) is 0 Å². The fourth-order valence-electron chi connectivity index (χ4n) is 1.84. The van der Waals surface area contributed by atoms with Crippen LogP contribution in [0.15, 0.2) is 18.2 Å². The van der Waals surface area contributed by atoms with Gasteiger partial charge in [-0.25, -0.2) is 9.67 Å². The summed E-state index contributed by atoms with van der Waals surface area (Å²) in [6, 6.07) is 5.85. The fraction of sp³-hybridized carbons (Fsp3) is 0.385. The van der Waals surface area contributed by atoms with Crippen molar-refractivity contribution in [1.29, 1.82) is 0 Å². The van der Waals surface area contributed by atoms with Crippen LogP contribution in [0.3, 0.4) is 0 Å². The van der Waals surface area contributed by atoms with Gasteiger partial charge in [0.1, 0.15) is 11.6 Å². The van der Waals surface area contributed by atoms with Crippen LogP contribution < -0.4 is 5.73 Å². The second kappa shape index (κ2) is 4.20. The second-order valence-corrected chi connectivity index (χ2v) is 4.63. The van der Waals surface area contributed by atoms with Gasteiger partial charge in [0.2, 0.25) is 0 Å². The van der Waals surface area contributed by atoms with Gasteiger partial charge in [-0.1, -0.05) is 19.9 Å². The Morgan fingerprint density at radius 1 is 1.24 bits per heavy atom. The van der Waals surface area contributed by atoms with Gasteiger partial charge in [0.25, 0.3) is 0 Å². The second-order valence-electron chi connectivity index (χ2n) is 4.63. The van der Waals surface area contributed by atoms with Crippen molar-refractivity contribution in [2.24, 2.45) is 0 Å². The van der Waals surface area contributed by atoms with E-state index in [1.165, 1.54) is 0 Å². The van der Waals surface area contributed by atoms with Gasteiger partial charge in [-0.3, -0.25) is 0 Å². The molecule has 0 fully saturated rings. The van der Waals surface area contributed by atoms with Crippen molar-refractivity contribution in [2.75, 3.05) is 5.73 Å². The number of nitrogens with zero attached hydrogens (tertiary/aromatic N) is 3. The minimum Gasteiger partial charge on any atom is -0.399 e. The lowest BCUT2D eigenvalue weighted by atomic mass is 10.1. The van der Waals surface area contributed by atoms with Gasteiger partial charge in [0, 0.05) is 11.6 Å². The Morgan fingerprint density at radius 2 is 1.94 bits per heavy atom. The molecule has 1 aromatic heterocycles. The predicted octanol–water partition coefficient (Wildman–Crippen LogP) is 2.59. The molecule has 0 aliphatic carbocycles. The highest BCUT2D eigenvalue weighted by molar-refractivity contribution is 5.52. The molecular formula is C13H18N4. The number of nitrogen functional groups attached to an aromatic ring is 1. The molecule has 4 nitrogen and oxygen atoms in total. The highest BCUT2D eigenvalue weighted by Gasteiger charge is 2.14. The Bertz CT molecular complexity index is 540. The maximum Gasteiger partial charge on any atom is 0.148 e. The third-order valence-corrected chi connectivity index (χ3v) is 2.72. The molecule has 0 spiro atoms. The van der Waals surface area contributed by atoms with Crippen LogP contribution >= 0.6 is 0 Å². The molecule has 2 aromatic rings. The summed E-state index contributed by atoms with van der Waals surface area (Å²) in [5.74, 6) is 2.09. The molecule has 1 heterocycles. The average molecular weight is 230 g/mol. The van der Waals surface area contributed by atoms with Crippen LogP contribution in [-0.4, -0.2) is 14.8 Å². The molecule has 90 valence electrons. The monoisotopic (exact) mass is 230 g/mol. The van der Waals surface area contributed by atoms with E-state index in [1.54, 1.807) is 0 Å². The van der Waals surface area contributed by atoms with E-state index in [0.29, 0.717) is 5.92 Å². The SMILES string of the molecule is Cc1nc(C(C)C)n(-c2cc(N)ccc2C)n1. The first kappa shape index (κ1) is 11.6. The van der Waals surface area contributed by atoms with Crippen molar-refractivity contribution in [3.8, 4) is 5.69 Å². The summed E-state index contributed by atoms with van der Waals surface area (Å²) >= 11 is 0. The van der Waals surface area contributed by atoms with Crippen LogP contribution in [0, 0.1) is 13.8 Å². The minimum absolute atomic E-state index is 0.331. The molecule has 0 aliphatic rings. The first-order valence-electron chi connectivity index (χ1n) is 5.79. The molecule has 4 heteroatoms. The highest BCUT2D eigenvalue weighted by atomic mass is 15.4. The molecule has 0 bridgehead atoms. The first-order chi connectivity index (χ1) is 7.99. The summed E-state index contributed by atoms with van der Waals surface area (Å²) in [7, 11) is 0. The quantitative estimate of drug-likeness (QED) is 0.807. The van der Waals surface area contributed by atoms with Gasteiger partial charge < -0.3 is 5.73 Å². The zero-order valence-electron chi connectivity index (χ0n) is 10.7. The lowest BCUT2D eigenvalue weighted by molar-refractivity contribution is 0.711. The first-order valence-corrected chi connectivity index (χ1v) is 5.79. The summed E-state index contributed by atoms with van der Waals surface area (Å²) in [5, 5.41) is 4.45. The van der Waals surface area contributed by atoms with E-state index in [-0.39, 0.29) is 0 Å². The molecule has 0 saturated heterocycles. The number of hydrogen-bond acceptors (Lipinski definition) is 3. The van der Waals surface area contributed by atoms with Crippen molar-refractivity contribution in [3.05, 3.63) is 35.4 Å². The van der Waals surface area contributed by atoms with Crippen LogP contribution in [0.5, 0.6) is 0 Å². The number of anilines is 1. The van der Waals surface area contributed by atoms with Gasteiger partial charge in [0.05, 0.1) is 5.69 Å². The molecule has 0 aliphatic heterocycles. The third kappa shape index (κ3) is 2.16. The summed E-state index contributed by atoms with van der Waals surface area (Å²) in [4.78, 5) is 4.47. The number of rotatable bonds is 2. The van der Waals surface area contributed by atoms with Crippen LogP contribution in [0.25, 0.3) is 5.69 Å². The molecule has 0 amide bonds. The van der Waals surface area contributed by atoms with E-state index in [2.05, 4.69) is 30.9 Å². The van der Waals surface area contributed by atoms with E-state index in [1.807, 2.05) is 29.8 Å². The Labute approximate surface area is 101 Å². The summed E-state index contributed by atoms with van der Waals surface area (Å²) in [6.07, 6.45) is 0. The van der Waals surface area contributed by atoms with Gasteiger partial charge >= 0.3 is 0 Å². The third-order valence-electron chi connectivity index (χ3n) is 2.72.